The fourth-order valence-electron chi connectivity index (χ4n) is 5.20. The van der Waals surface area contributed by atoms with E-state index < -0.39 is 12.7 Å². The predicted octanol–water partition coefficient (Wildman–Crippen LogP) is 5.72. The van der Waals surface area contributed by atoms with Gasteiger partial charge in [-0.1, -0.05) is 31.2 Å². The number of amides is 1. The van der Waals surface area contributed by atoms with Gasteiger partial charge in [0.1, 0.15) is 11.4 Å². The van der Waals surface area contributed by atoms with Crippen LogP contribution in [0.3, 0.4) is 0 Å². The van der Waals surface area contributed by atoms with E-state index in [2.05, 4.69) is 76.9 Å². The van der Waals surface area contributed by atoms with Crippen LogP contribution in [0.15, 0.2) is 30.3 Å². The lowest BCUT2D eigenvalue weighted by Crippen LogP contribution is -2.41. The first-order chi connectivity index (χ1) is 16.7. The lowest BCUT2D eigenvalue weighted by atomic mass is 9.78. The summed E-state index contributed by atoms with van der Waals surface area (Å²) < 4.78 is 18.3. The summed E-state index contributed by atoms with van der Waals surface area (Å²) >= 11 is 0. The van der Waals surface area contributed by atoms with Crippen molar-refractivity contribution in [1.29, 1.82) is 0 Å². The molecule has 2 aliphatic rings. The summed E-state index contributed by atoms with van der Waals surface area (Å²) in [6.45, 7) is 18.2. The lowest BCUT2D eigenvalue weighted by Gasteiger charge is -2.32. The molecule has 7 nitrogen and oxygen atoms in total. The fraction of sp³-hybridized carbons (Fsp3) is 0.571. The molecule has 1 N–H and O–H groups in total. The number of benzene rings is 2. The van der Waals surface area contributed by atoms with Gasteiger partial charge in [-0.25, -0.2) is 9.78 Å². The molecular weight excluding hydrogens is 453 g/mol. The molecule has 3 atom stereocenters. The van der Waals surface area contributed by atoms with E-state index in [1.807, 2.05) is 25.7 Å². The second-order valence-corrected chi connectivity index (χ2v) is 12.5. The number of likely N-dealkylation sites (tertiary alicyclic amines) is 1. The third kappa shape index (κ3) is 4.18. The van der Waals surface area contributed by atoms with Gasteiger partial charge in [0, 0.05) is 11.4 Å². The summed E-state index contributed by atoms with van der Waals surface area (Å²) in [5.41, 5.74) is 1.53. The largest absolute Gasteiger partial charge is 0.494 e. The molecule has 0 aliphatic carbocycles. The number of carbonyl (C=O) groups is 1. The van der Waals surface area contributed by atoms with E-state index in [1.165, 1.54) is 0 Å². The maximum Gasteiger partial charge on any atom is 0.494 e. The second-order valence-electron chi connectivity index (χ2n) is 12.5. The SMILES string of the molecule is C[C@@H]1C[C@@H](c2nc3c(ccc4cc(B5OC(C)(C)C(C)(C)O5)ccc43)[nH]2)N(C(=O)OC(C)(C)C)[C@@H]1C. The topological polar surface area (TPSA) is 76.7 Å². The van der Waals surface area contributed by atoms with Crippen molar-refractivity contribution in [3.8, 4) is 0 Å². The highest BCUT2D eigenvalue weighted by molar-refractivity contribution is 6.62. The number of hydrogen-bond acceptors (Lipinski definition) is 5. The number of fused-ring (bicyclic) bond motifs is 3. The summed E-state index contributed by atoms with van der Waals surface area (Å²) in [5.74, 6) is 1.14. The van der Waals surface area contributed by atoms with E-state index in [1.54, 1.807) is 0 Å². The summed E-state index contributed by atoms with van der Waals surface area (Å²) in [4.78, 5) is 23.5. The minimum atomic E-state index is -0.549. The predicted molar refractivity (Wildman–Crippen MR) is 143 cm³/mol. The van der Waals surface area contributed by atoms with Gasteiger partial charge in [0.15, 0.2) is 0 Å². The Kier molecular flexibility index (Phi) is 5.73. The zero-order valence-electron chi connectivity index (χ0n) is 22.9. The van der Waals surface area contributed by atoms with Gasteiger partial charge < -0.3 is 19.0 Å². The molecular formula is C28H38BN3O4. The van der Waals surface area contributed by atoms with Crippen molar-refractivity contribution in [2.45, 2.75) is 97.6 Å². The van der Waals surface area contributed by atoms with Gasteiger partial charge in [-0.2, -0.15) is 0 Å². The molecule has 0 saturated carbocycles. The maximum atomic E-state index is 13.1. The first kappa shape index (κ1) is 25.1. The van der Waals surface area contributed by atoms with Crippen molar-refractivity contribution < 1.29 is 18.8 Å². The first-order valence-corrected chi connectivity index (χ1v) is 13.0. The van der Waals surface area contributed by atoms with Crippen LogP contribution in [0, 0.1) is 5.92 Å². The highest BCUT2D eigenvalue weighted by atomic mass is 16.7. The molecule has 0 spiro atoms. The van der Waals surface area contributed by atoms with Crippen molar-refractivity contribution >= 4 is 40.5 Å². The van der Waals surface area contributed by atoms with Crippen LogP contribution in [0.25, 0.3) is 21.8 Å². The number of aromatic nitrogens is 2. The smallest absolute Gasteiger partial charge is 0.444 e. The fourth-order valence-corrected chi connectivity index (χ4v) is 5.20. The molecule has 0 bridgehead atoms. The lowest BCUT2D eigenvalue weighted by molar-refractivity contribution is 0.00578. The zero-order chi connectivity index (χ0) is 26.2. The molecule has 2 fully saturated rings. The molecule has 5 rings (SSSR count). The van der Waals surface area contributed by atoms with Crippen LogP contribution in [0.5, 0.6) is 0 Å². The molecule has 2 saturated heterocycles. The van der Waals surface area contributed by atoms with E-state index in [0.717, 1.165) is 39.5 Å². The maximum absolute atomic E-state index is 13.1. The standard InChI is InChI=1S/C28H38BN3O4/c1-16-14-22(32(17(16)2)25(33)34-26(3,4)5)24-30-21-13-10-18-15-19(11-12-20(18)23(21)31-24)29-35-27(6,7)28(8,9)36-29/h10-13,15-17,22H,14H2,1-9H3,(H,30,31)/t16-,17-,22+/m1/s1. The number of nitrogens with zero attached hydrogens (tertiary/aromatic N) is 2. The van der Waals surface area contributed by atoms with E-state index in [-0.39, 0.29) is 29.4 Å². The Balaban J connectivity index is 1.49. The van der Waals surface area contributed by atoms with E-state index in [0.29, 0.717) is 5.92 Å². The number of nitrogens with one attached hydrogen (secondary N) is 1. The number of carbonyl (C=O) groups excluding carboxylic acids is 1. The Morgan fingerprint density at radius 2 is 1.78 bits per heavy atom. The van der Waals surface area contributed by atoms with Crippen LogP contribution in [0.1, 0.15) is 80.6 Å². The molecule has 8 heteroatoms. The van der Waals surface area contributed by atoms with Gasteiger partial charge in [0.25, 0.3) is 0 Å². The number of rotatable bonds is 2. The van der Waals surface area contributed by atoms with Gasteiger partial charge in [0.2, 0.25) is 0 Å². The van der Waals surface area contributed by atoms with Crippen molar-refractivity contribution in [3.05, 3.63) is 36.2 Å². The van der Waals surface area contributed by atoms with Gasteiger partial charge in [0.05, 0.1) is 28.3 Å². The Hall–Kier alpha value is -2.58. The van der Waals surface area contributed by atoms with Crippen LogP contribution in [0.2, 0.25) is 0 Å². The van der Waals surface area contributed by atoms with Crippen LogP contribution >= 0.6 is 0 Å². The zero-order valence-corrected chi connectivity index (χ0v) is 22.9. The van der Waals surface area contributed by atoms with Crippen molar-refractivity contribution in [2.75, 3.05) is 0 Å². The number of aromatic amines is 1. The van der Waals surface area contributed by atoms with Gasteiger partial charge in [-0.15, -0.1) is 0 Å². The molecule has 1 aromatic heterocycles. The highest BCUT2D eigenvalue weighted by Gasteiger charge is 2.51. The quantitative estimate of drug-likeness (QED) is 0.464. The number of hydrogen-bond donors (Lipinski definition) is 1. The van der Waals surface area contributed by atoms with Crippen LogP contribution in [-0.4, -0.2) is 50.9 Å². The molecule has 192 valence electrons. The van der Waals surface area contributed by atoms with Crippen molar-refractivity contribution in [2.24, 2.45) is 5.92 Å². The highest BCUT2D eigenvalue weighted by Crippen LogP contribution is 2.41. The Labute approximate surface area is 214 Å². The Morgan fingerprint density at radius 3 is 2.42 bits per heavy atom. The van der Waals surface area contributed by atoms with Crippen LogP contribution in [0.4, 0.5) is 4.79 Å². The van der Waals surface area contributed by atoms with Crippen molar-refractivity contribution in [3.63, 3.8) is 0 Å². The van der Waals surface area contributed by atoms with Crippen molar-refractivity contribution in [1.82, 2.24) is 14.9 Å². The number of ether oxygens (including phenoxy) is 1. The molecule has 1 amide bonds. The number of H-pyrrole nitrogens is 1. The summed E-state index contributed by atoms with van der Waals surface area (Å²) in [7, 11) is -0.409. The Bertz CT molecular complexity index is 1310. The molecule has 3 heterocycles. The van der Waals surface area contributed by atoms with E-state index >= 15 is 0 Å². The minimum Gasteiger partial charge on any atom is -0.444 e. The van der Waals surface area contributed by atoms with E-state index in [9.17, 15) is 4.79 Å². The number of imidazole rings is 1. The van der Waals surface area contributed by atoms with Gasteiger partial charge in [-0.05, 0) is 84.6 Å². The van der Waals surface area contributed by atoms with Gasteiger partial charge >= 0.3 is 13.2 Å². The average Bonchev–Trinajstić information content (AvgIpc) is 3.38. The Morgan fingerprint density at radius 1 is 1.11 bits per heavy atom. The summed E-state index contributed by atoms with van der Waals surface area (Å²) in [5, 5.41) is 2.13. The summed E-state index contributed by atoms with van der Waals surface area (Å²) in [6.07, 6.45) is 0.547. The first-order valence-electron chi connectivity index (χ1n) is 13.0. The molecule has 3 aromatic rings. The normalized spacial score (nSPS) is 25.8. The van der Waals surface area contributed by atoms with Gasteiger partial charge in [-0.3, -0.25) is 4.90 Å². The van der Waals surface area contributed by atoms with Crippen LogP contribution in [-0.2, 0) is 14.0 Å². The molecule has 2 aromatic carbocycles. The average molecular weight is 491 g/mol. The monoisotopic (exact) mass is 491 g/mol. The molecule has 2 aliphatic heterocycles. The third-order valence-electron chi connectivity index (χ3n) is 8.15. The second kappa shape index (κ2) is 8.22. The minimum absolute atomic E-state index is 0.0669. The molecule has 0 unspecified atom stereocenters. The van der Waals surface area contributed by atoms with E-state index in [4.69, 9.17) is 19.0 Å². The third-order valence-corrected chi connectivity index (χ3v) is 8.15. The molecule has 36 heavy (non-hydrogen) atoms. The summed E-state index contributed by atoms with van der Waals surface area (Å²) in [6, 6.07) is 10.3. The molecule has 0 radical (unpaired) electrons. The van der Waals surface area contributed by atoms with Crippen LogP contribution < -0.4 is 5.46 Å².